The molecule has 3 aromatic rings. The molecule has 1 saturated heterocycles. The maximum absolute atomic E-state index is 14.1. The van der Waals surface area contributed by atoms with Gasteiger partial charge in [-0.3, -0.25) is 4.90 Å². The van der Waals surface area contributed by atoms with Crippen molar-refractivity contribution >= 4 is 9.04 Å². The normalized spacial score (nSPS) is 19.7. The number of benzene rings is 2. The van der Waals surface area contributed by atoms with Crippen LogP contribution in [0.4, 0.5) is 30.7 Å². The van der Waals surface area contributed by atoms with Gasteiger partial charge in [-0.2, -0.15) is 41.8 Å². The first-order valence-corrected chi connectivity index (χ1v) is 17.7. The lowest BCUT2D eigenvalue weighted by atomic mass is 9.82. The van der Waals surface area contributed by atoms with Gasteiger partial charge in [0.25, 0.3) is 0 Å². The Morgan fingerprint density at radius 1 is 0.958 bits per heavy atom. The minimum Gasteiger partial charge on any atom is -0.411 e. The third-order valence-electron chi connectivity index (χ3n) is 7.76. The zero-order valence-corrected chi connectivity index (χ0v) is 28.8. The second-order valence-electron chi connectivity index (χ2n) is 13.4. The molecule has 1 aliphatic heterocycles. The van der Waals surface area contributed by atoms with E-state index in [-0.39, 0.29) is 24.8 Å². The van der Waals surface area contributed by atoms with Crippen molar-refractivity contribution in [3.63, 3.8) is 0 Å². The monoisotopic (exact) mass is 704 g/mol. The second-order valence-corrected chi connectivity index (χ2v) is 15.4. The van der Waals surface area contributed by atoms with Crippen molar-refractivity contribution in [1.82, 2.24) is 25.2 Å². The molecule has 4 rings (SSSR count). The smallest absolute Gasteiger partial charge is 0.411 e. The number of aromatic nitrogens is 3. The van der Waals surface area contributed by atoms with Crippen molar-refractivity contribution in [1.29, 1.82) is 0 Å². The van der Waals surface area contributed by atoms with Crippen LogP contribution in [0.3, 0.4) is 0 Å². The number of nitrogens with one attached hydrogen (secondary N) is 1. The summed E-state index contributed by atoms with van der Waals surface area (Å²) in [6.45, 7) is 10.2. The lowest BCUT2D eigenvalue weighted by Crippen LogP contribution is -2.49. The molecule has 0 saturated carbocycles. The molecule has 16 heteroatoms. The summed E-state index contributed by atoms with van der Waals surface area (Å²) in [5.74, 6) is -0.493. The summed E-state index contributed by atoms with van der Waals surface area (Å²) < 4.78 is 117. The number of morpholine rings is 1. The van der Waals surface area contributed by atoms with E-state index < -0.39 is 68.3 Å². The van der Waals surface area contributed by atoms with E-state index in [0.29, 0.717) is 42.2 Å². The number of hydrogen-bond acceptors (Lipinski definition) is 7. The maximum atomic E-state index is 14.1. The van der Waals surface area contributed by atoms with Crippen molar-refractivity contribution < 1.29 is 44.6 Å². The lowest BCUT2D eigenvalue weighted by Gasteiger charge is -2.45. The highest BCUT2D eigenvalue weighted by atomic mass is 28.3. The van der Waals surface area contributed by atoms with Gasteiger partial charge >= 0.3 is 12.4 Å². The van der Waals surface area contributed by atoms with Gasteiger partial charge in [-0.05, 0) is 74.1 Å². The van der Waals surface area contributed by atoms with Gasteiger partial charge < -0.3 is 18.8 Å². The van der Waals surface area contributed by atoms with Crippen molar-refractivity contribution in [2.45, 2.75) is 83.8 Å². The Kier molecular flexibility index (Phi) is 11.8. The predicted octanol–water partition coefficient (Wildman–Crippen LogP) is 7.38. The van der Waals surface area contributed by atoms with Crippen molar-refractivity contribution in [3.05, 3.63) is 81.9 Å². The summed E-state index contributed by atoms with van der Waals surface area (Å²) in [4.78, 5) is 3.88. The maximum Gasteiger partial charge on any atom is 0.416 e. The topological polar surface area (TPSA) is 75.7 Å². The van der Waals surface area contributed by atoms with Crippen LogP contribution in [0.1, 0.15) is 66.6 Å². The fourth-order valence-electron chi connectivity index (χ4n) is 5.59. The number of nitrogens with zero attached hydrogens (tertiary/aromatic N) is 4. The van der Waals surface area contributed by atoms with Gasteiger partial charge in [0.2, 0.25) is 9.04 Å². The number of ether oxygens (including phenoxy) is 2. The van der Waals surface area contributed by atoms with Crippen LogP contribution in [0, 0.1) is 11.2 Å². The van der Waals surface area contributed by atoms with Gasteiger partial charge in [-0.1, -0.05) is 32.9 Å². The number of aromatic amines is 1. The average Bonchev–Trinajstić information content (AvgIpc) is 3.39. The number of alkyl halides is 6. The van der Waals surface area contributed by atoms with E-state index in [2.05, 4.69) is 15.4 Å². The summed E-state index contributed by atoms with van der Waals surface area (Å²) in [6, 6.07) is 6.27. The third-order valence-corrected chi connectivity index (χ3v) is 8.48. The number of rotatable bonds is 11. The minimum absolute atomic E-state index is 0.0891. The van der Waals surface area contributed by atoms with E-state index >= 15 is 0 Å². The number of halogens is 7. The molecule has 1 aliphatic rings. The molecule has 4 atom stereocenters. The fourth-order valence-corrected chi connectivity index (χ4v) is 6.57. The molecular weight excluding hydrogens is 663 g/mol. The van der Waals surface area contributed by atoms with Gasteiger partial charge in [0.05, 0.1) is 29.9 Å². The first-order valence-electron chi connectivity index (χ1n) is 15.3. The zero-order valence-electron chi connectivity index (χ0n) is 27.8. The minimum atomic E-state index is -5.07. The molecular formula is C32H41F7N5O3Si. The largest absolute Gasteiger partial charge is 0.416 e. The predicted molar refractivity (Wildman–Crippen MR) is 165 cm³/mol. The standard InChI is InChI=1S/C32H41F7N5O3Si/c1-30(2,3)28(47-48(6)7)27(20-14-21(31(34,35)36)16-22(15-20)32(37,38)39)46-29-26(19-8-10-23(33)11-9-19)44(12-13-45-29)18-25-24(17-43(4)5)40-42-41-25/h8-11,14-16,26-29H,12-13,17-18H2,1-7H3,(H,40,41,42)/t26-,27-,28?,29+/m0/s1. The van der Waals surface area contributed by atoms with Gasteiger partial charge in [-0.15, -0.1) is 0 Å². The molecule has 8 nitrogen and oxygen atoms in total. The van der Waals surface area contributed by atoms with Crippen LogP contribution in [0.2, 0.25) is 13.1 Å². The molecule has 0 aliphatic carbocycles. The molecule has 0 bridgehead atoms. The Labute approximate surface area is 277 Å². The van der Waals surface area contributed by atoms with E-state index in [1.54, 1.807) is 32.9 Å². The van der Waals surface area contributed by atoms with E-state index in [4.69, 9.17) is 13.9 Å². The summed E-state index contributed by atoms with van der Waals surface area (Å²) in [5.41, 5.74) is -2.22. The molecule has 0 spiro atoms. The van der Waals surface area contributed by atoms with Crippen molar-refractivity contribution in [2.24, 2.45) is 5.41 Å². The van der Waals surface area contributed by atoms with Gasteiger partial charge in [0, 0.05) is 19.6 Å². The highest BCUT2D eigenvalue weighted by molar-refractivity contribution is 6.48. The molecule has 265 valence electrons. The van der Waals surface area contributed by atoms with Gasteiger partial charge in [0.15, 0.2) is 6.29 Å². The molecule has 1 N–H and O–H groups in total. The fraction of sp³-hybridized carbons (Fsp3) is 0.562. The first-order chi connectivity index (χ1) is 22.2. The van der Waals surface area contributed by atoms with E-state index in [1.165, 1.54) is 12.1 Å². The molecule has 1 radical (unpaired) electrons. The zero-order chi connectivity index (χ0) is 35.6. The number of H-pyrrole nitrogens is 1. The molecule has 2 heterocycles. The summed E-state index contributed by atoms with van der Waals surface area (Å²) >= 11 is 0. The Morgan fingerprint density at radius 3 is 2.06 bits per heavy atom. The van der Waals surface area contributed by atoms with Crippen LogP contribution in [-0.4, -0.2) is 73.9 Å². The highest BCUT2D eigenvalue weighted by Crippen LogP contribution is 2.44. The van der Waals surface area contributed by atoms with Crippen LogP contribution in [-0.2, 0) is 39.3 Å². The molecule has 1 unspecified atom stereocenters. The van der Waals surface area contributed by atoms with Gasteiger partial charge in [-0.25, -0.2) is 4.39 Å². The first kappa shape index (κ1) is 37.9. The third kappa shape index (κ3) is 9.63. The van der Waals surface area contributed by atoms with E-state index in [1.807, 2.05) is 37.0 Å². The number of hydrogen-bond donors (Lipinski definition) is 1. The molecule has 48 heavy (non-hydrogen) atoms. The van der Waals surface area contributed by atoms with Crippen LogP contribution >= 0.6 is 0 Å². The highest BCUT2D eigenvalue weighted by Gasteiger charge is 2.44. The van der Waals surface area contributed by atoms with Crippen LogP contribution in [0.15, 0.2) is 42.5 Å². The SMILES string of the molecule is CN(C)Cc1n[nH]nc1CN1CCO[C@H](O[C@@H](c2cc(C(F)(F)F)cc(C(F)(F)F)c2)C(O[Si](C)C)C(C)(C)C)[C@@H]1c1ccc(F)cc1. The van der Waals surface area contributed by atoms with Crippen molar-refractivity contribution in [3.8, 4) is 0 Å². The van der Waals surface area contributed by atoms with Crippen LogP contribution in [0.5, 0.6) is 0 Å². The van der Waals surface area contributed by atoms with E-state index in [0.717, 1.165) is 0 Å². The molecule has 1 aromatic heterocycles. The quantitative estimate of drug-likeness (QED) is 0.165. The average molecular weight is 705 g/mol. The molecule has 0 amide bonds. The Bertz CT molecular complexity index is 1460. The Hall–Kier alpha value is -2.89. The van der Waals surface area contributed by atoms with Gasteiger partial charge in [0.1, 0.15) is 23.3 Å². The summed E-state index contributed by atoms with van der Waals surface area (Å²) in [7, 11) is 2.20. The molecule has 1 fully saturated rings. The Morgan fingerprint density at radius 2 is 1.54 bits per heavy atom. The molecule has 2 aromatic carbocycles. The van der Waals surface area contributed by atoms with E-state index in [9.17, 15) is 30.7 Å². The lowest BCUT2D eigenvalue weighted by molar-refractivity contribution is -0.252. The summed E-state index contributed by atoms with van der Waals surface area (Å²) in [6.07, 6.45) is -13.8. The Balaban J connectivity index is 1.86. The second kappa shape index (κ2) is 14.9. The van der Waals surface area contributed by atoms with Crippen LogP contribution < -0.4 is 0 Å². The van der Waals surface area contributed by atoms with Crippen LogP contribution in [0.25, 0.3) is 0 Å². The van der Waals surface area contributed by atoms with Crippen molar-refractivity contribution in [2.75, 3.05) is 27.2 Å². The summed E-state index contributed by atoms with van der Waals surface area (Å²) in [5, 5.41) is 11.2.